The van der Waals surface area contributed by atoms with Gasteiger partial charge in [0, 0.05) is 5.56 Å². The van der Waals surface area contributed by atoms with Gasteiger partial charge in [0.1, 0.15) is 10.4 Å². The SMILES string of the molecule is Clc1ccccc1-c1ncc(Br)[nH]1. The molecule has 0 unspecified atom stereocenters. The highest BCUT2D eigenvalue weighted by molar-refractivity contribution is 9.10. The molecule has 0 atom stereocenters. The third-order valence-corrected chi connectivity index (χ3v) is 2.41. The second-order valence-corrected chi connectivity index (χ2v) is 3.82. The molecule has 4 heteroatoms. The summed E-state index contributed by atoms with van der Waals surface area (Å²) in [5.41, 5.74) is 0.912. The van der Waals surface area contributed by atoms with Gasteiger partial charge in [0.05, 0.1) is 11.2 Å². The first-order valence-electron chi connectivity index (χ1n) is 3.73. The number of rotatable bonds is 1. The minimum atomic E-state index is 0.698. The van der Waals surface area contributed by atoms with Crippen LogP contribution >= 0.6 is 27.5 Å². The fourth-order valence-electron chi connectivity index (χ4n) is 1.09. The molecule has 13 heavy (non-hydrogen) atoms. The fourth-order valence-corrected chi connectivity index (χ4v) is 1.60. The van der Waals surface area contributed by atoms with Crippen molar-refractivity contribution in [1.82, 2.24) is 9.97 Å². The maximum Gasteiger partial charge on any atom is 0.139 e. The summed E-state index contributed by atoms with van der Waals surface area (Å²) < 4.78 is 0.849. The average Bonchev–Trinajstić information content (AvgIpc) is 2.53. The van der Waals surface area contributed by atoms with E-state index in [1.165, 1.54) is 0 Å². The zero-order chi connectivity index (χ0) is 9.26. The number of benzene rings is 1. The summed E-state index contributed by atoms with van der Waals surface area (Å²) in [6.45, 7) is 0. The quantitative estimate of drug-likeness (QED) is 0.832. The Bertz CT molecular complexity index is 425. The zero-order valence-corrected chi connectivity index (χ0v) is 8.93. The summed E-state index contributed by atoms with van der Waals surface area (Å²) in [5.74, 6) is 0.775. The van der Waals surface area contributed by atoms with Crippen LogP contribution in [0.15, 0.2) is 35.1 Å². The van der Waals surface area contributed by atoms with Crippen LogP contribution in [0.2, 0.25) is 5.02 Å². The van der Waals surface area contributed by atoms with Crippen LogP contribution in [0.3, 0.4) is 0 Å². The largest absolute Gasteiger partial charge is 0.333 e. The third-order valence-electron chi connectivity index (χ3n) is 1.67. The molecule has 2 aromatic rings. The number of H-pyrrole nitrogens is 1. The molecule has 1 aromatic carbocycles. The van der Waals surface area contributed by atoms with Gasteiger partial charge < -0.3 is 4.98 Å². The Kier molecular flexibility index (Phi) is 2.38. The molecule has 0 amide bonds. The summed E-state index contributed by atoms with van der Waals surface area (Å²) in [6.07, 6.45) is 1.71. The number of hydrogen-bond acceptors (Lipinski definition) is 1. The summed E-state index contributed by atoms with van der Waals surface area (Å²) >= 11 is 9.29. The average molecular weight is 258 g/mol. The molecule has 2 nitrogen and oxygen atoms in total. The van der Waals surface area contributed by atoms with Crippen molar-refractivity contribution in [3.05, 3.63) is 40.1 Å². The van der Waals surface area contributed by atoms with Crippen LogP contribution in [0, 0.1) is 0 Å². The lowest BCUT2D eigenvalue weighted by Crippen LogP contribution is -1.80. The Morgan fingerprint density at radius 1 is 1.31 bits per heavy atom. The maximum atomic E-state index is 5.99. The van der Waals surface area contributed by atoms with Crippen molar-refractivity contribution in [2.24, 2.45) is 0 Å². The van der Waals surface area contributed by atoms with Gasteiger partial charge in [0.25, 0.3) is 0 Å². The van der Waals surface area contributed by atoms with Crippen LogP contribution in [0.5, 0.6) is 0 Å². The third kappa shape index (κ3) is 1.76. The number of imidazole rings is 1. The molecule has 0 aliphatic heterocycles. The second-order valence-electron chi connectivity index (χ2n) is 2.56. The van der Waals surface area contributed by atoms with E-state index in [-0.39, 0.29) is 0 Å². The number of hydrogen-bond donors (Lipinski definition) is 1. The molecular weight excluding hydrogens is 251 g/mol. The zero-order valence-electron chi connectivity index (χ0n) is 6.59. The molecule has 0 spiro atoms. The van der Waals surface area contributed by atoms with E-state index in [9.17, 15) is 0 Å². The predicted molar refractivity (Wildman–Crippen MR) is 56.7 cm³/mol. The van der Waals surface area contributed by atoms with E-state index in [0.717, 1.165) is 16.0 Å². The summed E-state index contributed by atoms with van der Waals surface area (Å²) in [5, 5.41) is 0.698. The van der Waals surface area contributed by atoms with Gasteiger partial charge in [-0.15, -0.1) is 0 Å². The van der Waals surface area contributed by atoms with Gasteiger partial charge in [-0.2, -0.15) is 0 Å². The standard InChI is InChI=1S/C9H6BrClN2/c10-8-5-12-9(13-8)6-3-1-2-4-7(6)11/h1-5H,(H,12,13). The highest BCUT2D eigenvalue weighted by Crippen LogP contribution is 2.25. The van der Waals surface area contributed by atoms with Crippen LogP contribution in [0.1, 0.15) is 0 Å². The smallest absolute Gasteiger partial charge is 0.139 e. The van der Waals surface area contributed by atoms with E-state index >= 15 is 0 Å². The molecule has 66 valence electrons. The lowest BCUT2D eigenvalue weighted by atomic mass is 10.2. The fraction of sp³-hybridized carbons (Fsp3) is 0. The van der Waals surface area contributed by atoms with Crippen molar-refractivity contribution in [3.8, 4) is 11.4 Å². The van der Waals surface area contributed by atoms with E-state index in [2.05, 4.69) is 25.9 Å². The van der Waals surface area contributed by atoms with Crippen molar-refractivity contribution >= 4 is 27.5 Å². The van der Waals surface area contributed by atoms with Gasteiger partial charge in [0.2, 0.25) is 0 Å². The summed E-state index contributed by atoms with van der Waals surface area (Å²) in [6, 6.07) is 7.59. The van der Waals surface area contributed by atoms with Crippen LogP contribution in [0.25, 0.3) is 11.4 Å². The highest BCUT2D eigenvalue weighted by atomic mass is 79.9. The Labute approximate surface area is 89.1 Å². The molecule has 0 fully saturated rings. The van der Waals surface area contributed by atoms with Crippen LogP contribution < -0.4 is 0 Å². The molecule has 0 aliphatic rings. The van der Waals surface area contributed by atoms with Gasteiger partial charge in [0.15, 0.2) is 0 Å². The number of aromatic amines is 1. The Balaban J connectivity index is 2.52. The van der Waals surface area contributed by atoms with Crippen molar-refractivity contribution in [1.29, 1.82) is 0 Å². The summed E-state index contributed by atoms with van der Waals surface area (Å²) in [7, 11) is 0. The number of nitrogens with zero attached hydrogens (tertiary/aromatic N) is 1. The molecule has 0 aliphatic carbocycles. The van der Waals surface area contributed by atoms with E-state index in [1.54, 1.807) is 6.20 Å². The number of aromatic nitrogens is 2. The monoisotopic (exact) mass is 256 g/mol. The van der Waals surface area contributed by atoms with Crippen LogP contribution in [0.4, 0.5) is 0 Å². The predicted octanol–water partition coefficient (Wildman–Crippen LogP) is 3.49. The first-order chi connectivity index (χ1) is 6.27. The van der Waals surface area contributed by atoms with Crippen molar-refractivity contribution < 1.29 is 0 Å². The van der Waals surface area contributed by atoms with E-state index in [1.807, 2.05) is 24.3 Å². The first kappa shape index (κ1) is 8.78. The second kappa shape index (κ2) is 3.52. The molecule has 1 N–H and O–H groups in total. The molecule has 1 aromatic heterocycles. The van der Waals surface area contributed by atoms with Gasteiger partial charge in [-0.1, -0.05) is 23.7 Å². The lowest BCUT2D eigenvalue weighted by molar-refractivity contribution is 1.30. The van der Waals surface area contributed by atoms with Crippen molar-refractivity contribution in [3.63, 3.8) is 0 Å². The molecule has 2 rings (SSSR count). The number of halogens is 2. The van der Waals surface area contributed by atoms with E-state index in [4.69, 9.17) is 11.6 Å². The first-order valence-corrected chi connectivity index (χ1v) is 4.90. The van der Waals surface area contributed by atoms with Gasteiger partial charge >= 0.3 is 0 Å². The Hall–Kier alpha value is -0.800. The van der Waals surface area contributed by atoms with Gasteiger partial charge in [-0.25, -0.2) is 4.98 Å². The molecule has 0 saturated carbocycles. The van der Waals surface area contributed by atoms with Crippen LogP contribution in [-0.4, -0.2) is 9.97 Å². The molecule has 0 bridgehead atoms. The van der Waals surface area contributed by atoms with Gasteiger partial charge in [-0.05, 0) is 28.1 Å². The Morgan fingerprint density at radius 3 is 2.69 bits per heavy atom. The summed E-state index contributed by atoms with van der Waals surface area (Å²) in [4.78, 5) is 7.21. The van der Waals surface area contributed by atoms with Crippen molar-refractivity contribution in [2.45, 2.75) is 0 Å². The van der Waals surface area contributed by atoms with E-state index < -0.39 is 0 Å². The Morgan fingerprint density at radius 2 is 2.08 bits per heavy atom. The maximum absolute atomic E-state index is 5.99. The minimum absolute atomic E-state index is 0.698. The van der Waals surface area contributed by atoms with Gasteiger partial charge in [-0.3, -0.25) is 0 Å². The molecule has 1 heterocycles. The lowest BCUT2D eigenvalue weighted by Gasteiger charge is -1.98. The number of nitrogens with one attached hydrogen (secondary N) is 1. The normalized spacial score (nSPS) is 10.3. The molecule has 0 radical (unpaired) electrons. The van der Waals surface area contributed by atoms with Crippen molar-refractivity contribution in [2.75, 3.05) is 0 Å². The highest BCUT2D eigenvalue weighted by Gasteiger charge is 2.04. The topological polar surface area (TPSA) is 28.7 Å². The van der Waals surface area contributed by atoms with E-state index in [0.29, 0.717) is 5.02 Å². The molecular formula is C9H6BrClN2. The minimum Gasteiger partial charge on any atom is -0.333 e. The van der Waals surface area contributed by atoms with Crippen LogP contribution in [-0.2, 0) is 0 Å². The molecule has 0 saturated heterocycles.